The molecule has 0 fully saturated rings. The zero-order valence-corrected chi connectivity index (χ0v) is 16.0. The summed E-state index contributed by atoms with van der Waals surface area (Å²) in [5, 5.41) is 5.08. The third-order valence-corrected chi connectivity index (χ3v) is 5.48. The quantitative estimate of drug-likeness (QED) is 0.832. The summed E-state index contributed by atoms with van der Waals surface area (Å²) < 4.78 is 0. The summed E-state index contributed by atoms with van der Waals surface area (Å²) in [6, 6.07) is 14.9. The molecule has 3 amide bonds. The number of benzene rings is 2. The molecule has 0 aromatic heterocycles. The summed E-state index contributed by atoms with van der Waals surface area (Å²) in [6.45, 7) is 1.90. The Kier molecular flexibility index (Phi) is 5.81. The van der Waals surface area contributed by atoms with Crippen molar-refractivity contribution >= 4 is 40.9 Å². The minimum absolute atomic E-state index is 0.0408. The van der Waals surface area contributed by atoms with Crippen LogP contribution in [0.2, 0.25) is 0 Å². The lowest BCUT2D eigenvalue weighted by Gasteiger charge is -2.25. The second kappa shape index (κ2) is 8.26. The van der Waals surface area contributed by atoms with E-state index in [2.05, 4.69) is 10.6 Å². The van der Waals surface area contributed by atoms with Crippen LogP contribution in [-0.4, -0.2) is 41.5 Å². The third-order valence-electron chi connectivity index (χ3n) is 4.21. The number of rotatable bonds is 5. The van der Waals surface area contributed by atoms with E-state index in [1.54, 1.807) is 7.05 Å². The Labute approximate surface area is 162 Å². The maximum atomic E-state index is 12.5. The van der Waals surface area contributed by atoms with Crippen molar-refractivity contribution in [3.05, 3.63) is 54.1 Å². The smallest absolute Gasteiger partial charge is 0.243 e. The first kappa shape index (κ1) is 19.0. The standard InChI is InChI=1S/C20H21N3O3S/c1-13-7-9-14(10-8-13)21-18(24)12-23(2)19(25)11-17-20(26)22-15-5-3-4-6-16(15)27-17/h3-10,17H,11-12H2,1-2H3,(H,21,24)(H,22,26)/t17-/m1/s1. The summed E-state index contributed by atoms with van der Waals surface area (Å²) >= 11 is 1.37. The van der Waals surface area contributed by atoms with Crippen LogP contribution in [0, 0.1) is 6.92 Å². The van der Waals surface area contributed by atoms with Gasteiger partial charge in [0.15, 0.2) is 0 Å². The predicted octanol–water partition coefficient (Wildman–Crippen LogP) is 2.90. The van der Waals surface area contributed by atoms with E-state index < -0.39 is 5.25 Å². The number of thioether (sulfide) groups is 1. The molecule has 140 valence electrons. The Morgan fingerprint density at radius 1 is 1.15 bits per heavy atom. The van der Waals surface area contributed by atoms with Crippen LogP contribution in [-0.2, 0) is 14.4 Å². The fourth-order valence-corrected chi connectivity index (χ4v) is 3.78. The zero-order valence-electron chi connectivity index (χ0n) is 15.2. The van der Waals surface area contributed by atoms with Gasteiger partial charge in [0, 0.05) is 24.1 Å². The summed E-state index contributed by atoms with van der Waals surface area (Å²) in [5.41, 5.74) is 2.55. The zero-order chi connectivity index (χ0) is 19.4. The number of anilines is 2. The first-order chi connectivity index (χ1) is 12.9. The Morgan fingerprint density at radius 2 is 1.85 bits per heavy atom. The monoisotopic (exact) mass is 383 g/mol. The van der Waals surface area contributed by atoms with E-state index in [9.17, 15) is 14.4 Å². The number of nitrogens with zero attached hydrogens (tertiary/aromatic N) is 1. The molecule has 0 radical (unpaired) electrons. The molecule has 0 bridgehead atoms. The van der Waals surface area contributed by atoms with E-state index in [4.69, 9.17) is 0 Å². The molecule has 0 saturated heterocycles. The van der Waals surface area contributed by atoms with Crippen LogP contribution < -0.4 is 10.6 Å². The molecule has 1 aliphatic heterocycles. The normalized spacial score (nSPS) is 15.5. The van der Waals surface area contributed by atoms with Crippen LogP contribution in [0.15, 0.2) is 53.4 Å². The van der Waals surface area contributed by atoms with Gasteiger partial charge in [-0.05, 0) is 31.2 Å². The predicted molar refractivity (Wildman–Crippen MR) is 107 cm³/mol. The van der Waals surface area contributed by atoms with Crippen molar-refractivity contribution in [2.75, 3.05) is 24.2 Å². The number of aryl methyl sites for hydroxylation is 1. The second-order valence-electron chi connectivity index (χ2n) is 6.46. The Hall–Kier alpha value is -2.80. The average Bonchev–Trinajstić information content (AvgIpc) is 2.64. The molecule has 1 heterocycles. The molecule has 7 heteroatoms. The lowest BCUT2D eigenvalue weighted by molar-refractivity contribution is -0.134. The molecular weight excluding hydrogens is 362 g/mol. The van der Waals surface area contributed by atoms with Crippen LogP contribution >= 0.6 is 11.8 Å². The van der Waals surface area contributed by atoms with Crippen molar-refractivity contribution in [2.24, 2.45) is 0 Å². The maximum absolute atomic E-state index is 12.5. The number of carbonyl (C=O) groups excluding carboxylic acids is 3. The molecule has 3 rings (SSSR count). The van der Waals surface area contributed by atoms with E-state index in [1.165, 1.54) is 16.7 Å². The van der Waals surface area contributed by atoms with Crippen molar-refractivity contribution < 1.29 is 14.4 Å². The topological polar surface area (TPSA) is 78.5 Å². The third kappa shape index (κ3) is 4.89. The van der Waals surface area contributed by atoms with Gasteiger partial charge in [-0.2, -0.15) is 0 Å². The molecule has 0 spiro atoms. The summed E-state index contributed by atoms with van der Waals surface area (Å²) in [6.07, 6.45) is 0.0408. The van der Waals surface area contributed by atoms with Crippen molar-refractivity contribution in [3.63, 3.8) is 0 Å². The fourth-order valence-electron chi connectivity index (χ4n) is 2.68. The summed E-state index contributed by atoms with van der Waals surface area (Å²) in [5.74, 6) is -0.716. The van der Waals surface area contributed by atoms with Crippen LogP contribution in [0.5, 0.6) is 0 Å². The highest BCUT2D eigenvalue weighted by Crippen LogP contribution is 2.36. The number of likely N-dealkylation sites (N-methyl/N-ethyl adjacent to an activating group) is 1. The summed E-state index contributed by atoms with van der Waals surface area (Å²) in [7, 11) is 1.57. The van der Waals surface area contributed by atoms with Crippen molar-refractivity contribution in [3.8, 4) is 0 Å². The lowest BCUT2D eigenvalue weighted by Crippen LogP contribution is -2.39. The van der Waals surface area contributed by atoms with Gasteiger partial charge in [-0.3, -0.25) is 14.4 Å². The Balaban J connectivity index is 1.54. The van der Waals surface area contributed by atoms with Gasteiger partial charge in [0.25, 0.3) is 0 Å². The molecule has 2 aromatic carbocycles. The van der Waals surface area contributed by atoms with Gasteiger partial charge in [0.2, 0.25) is 17.7 Å². The van der Waals surface area contributed by atoms with Crippen LogP contribution in [0.25, 0.3) is 0 Å². The number of hydrogen-bond acceptors (Lipinski definition) is 4. The SMILES string of the molecule is Cc1ccc(NC(=O)CN(C)C(=O)C[C@H]2Sc3ccccc3NC2=O)cc1. The van der Waals surface area contributed by atoms with Gasteiger partial charge < -0.3 is 15.5 Å². The molecule has 2 N–H and O–H groups in total. The first-order valence-corrected chi connectivity index (χ1v) is 9.47. The second-order valence-corrected chi connectivity index (χ2v) is 7.70. The molecule has 2 aromatic rings. The largest absolute Gasteiger partial charge is 0.336 e. The molecule has 0 saturated carbocycles. The van der Waals surface area contributed by atoms with Crippen LogP contribution in [0.3, 0.4) is 0 Å². The molecule has 0 unspecified atom stereocenters. The highest BCUT2D eigenvalue weighted by molar-refractivity contribution is 8.01. The van der Waals surface area contributed by atoms with Crippen LogP contribution in [0.4, 0.5) is 11.4 Å². The number of para-hydroxylation sites is 1. The molecule has 1 atom stereocenters. The van der Waals surface area contributed by atoms with Crippen molar-refractivity contribution in [1.82, 2.24) is 4.90 Å². The van der Waals surface area contributed by atoms with Crippen LogP contribution in [0.1, 0.15) is 12.0 Å². The van der Waals surface area contributed by atoms with E-state index in [0.717, 1.165) is 16.1 Å². The minimum atomic E-state index is -0.505. The van der Waals surface area contributed by atoms with Crippen molar-refractivity contribution in [2.45, 2.75) is 23.5 Å². The van der Waals surface area contributed by atoms with Gasteiger partial charge in [0.05, 0.1) is 17.5 Å². The van der Waals surface area contributed by atoms with E-state index in [1.807, 2.05) is 55.5 Å². The molecule has 27 heavy (non-hydrogen) atoms. The molecular formula is C20H21N3O3S. The van der Waals surface area contributed by atoms with E-state index in [0.29, 0.717) is 5.69 Å². The highest BCUT2D eigenvalue weighted by atomic mass is 32.2. The highest BCUT2D eigenvalue weighted by Gasteiger charge is 2.30. The van der Waals surface area contributed by atoms with E-state index >= 15 is 0 Å². The fraction of sp³-hybridized carbons (Fsp3) is 0.250. The van der Waals surface area contributed by atoms with Gasteiger partial charge in [0.1, 0.15) is 0 Å². The first-order valence-electron chi connectivity index (χ1n) is 8.59. The van der Waals surface area contributed by atoms with Crippen molar-refractivity contribution in [1.29, 1.82) is 0 Å². The number of fused-ring (bicyclic) bond motifs is 1. The van der Waals surface area contributed by atoms with Gasteiger partial charge in [-0.1, -0.05) is 29.8 Å². The van der Waals surface area contributed by atoms with Gasteiger partial charge in [-0.15, -0.1) is 11.8 Å². The van der Waals surface area contributed by atoms with Gasteiger partial charge >= 0.3 is 0 Å². The lowest BCUT2D eigenvalue weighted by atomic mass is 10.2. The van der Waals surface area contributed by atoms with Gasteiger partial charge in [-0.25, -0.2) is 0 Å². The number of carbonyl (C=O) groups is 3. The Morgan fingerprint density at radius 3 is 2.59 bits per heavy atom. The molecule has 1 aliphatic rings. The molecule has 6 nitrogen and oxygen atoms in total. The minimum Gasteiger partial charge on any atom is -0.336 e. The van der Waals surface area contributed by atoms with E-state index in [-0.39, 0.29) is 30.7 Å². The number of nitrogens with one attached hydrogen (secondary N) is 2. The average molecular weight is 383 g/mol. The number of amides is 3. The summed E-state index contributed by atoms with van der Waals surface area (Å²) in [4.78, 5) is 39.1. The number of hydrogen-bond donors (Lipinski definition) is 2. The molecule has 0 aliphatic carbocycles. The Bertz CT molecular complexity index is 867. The maximum Gasteiger partial charge on any atom is 0.243 e.